The average molecular weight is 359 g/mol. The Morgan fingerprint density at radius 3 is 1.56 bits per heavy atom. The molecule has 0 rings (SSSR count). The second kappa shape index (κ2) is 15.4. The van der Waals surface area contributed by atoms with Crippen LogP contribution in [0.15, 0.2) is 12.2 Å². The largest absolute Gasteiger partial charge is 0.462 e. The van der Waals surface area contributed by atoms with Crippen molar-refractivity contribution in [3.05, 3.63) is 12.2 Å². The Kier molecular flexibility index (Phi) is 14.8. The van der Waals surface area contributed by atoms with Crippen molar-refractivity contribution < 1.29 is 23.7 Å². The lowest BCUT2D eigenvalue weighted by Crippen LogP contribution is -2.35. The summed E-state index contributed by atoms with van der Waals surface area (Å²) in [5.74, 6) is -1.16. The van der Waals surface area contributed by atoms with E-state index < -0.39 is 5.97 Å². The van der Waals surface area contributed by atoms with Gasteiger partial charge in [0.15, 0.2) is 0 Å². The van der Waals surface area contributed by atoms with Gasteiger partial charge >= 0.3 is 5.97 Å². The summed E-state index contributed by atoms with van der Waals surface area (Å²) < 4.78 is 20.9. The van der Waals surface area contributed by atoms with Crippen molar-refractivity contribution >= 4 is 5.97 Å². The zero-order chi connectivity index (χ0) is 19.0. The molecule has 5 nitrogen and oxygen atoms in total. The maximum absolute atomic E-state index is 11.2. The van der Waals surface area contributed by atoms with E-state index in [9.17, 15) is 4.79 Å². The van der Waals surface area contributed by atoms with E-state index in [2.05, 4.69) is 6.58 Å². The molecule has 0 aliphatic rings. The highest BCUT2D eigenvalue weighted by Gasteiger charge is 2.28. The summed E-state index contributed by atoms with van der Waals surface area (Å²) in [5.41, 5.74) is 0.470. The SMILES string of the molecule is C=C(C)C(=O)OCCCCCCCCCCCCC(OC)(OC)OC. The standard InChI is InChI=1S/C20H38O5/c1-18(2)19(21)25-17-15-13-11-9-7-6-8-10-12-14-16-20(22-3,23-4)24-5/h1,6-17H2,2-5H3. The highest BCUT2D eigenvalue weighted by atomic mass is 16.9. The summed E-state index contributed by atoms with van der Waals surface area (Å²) in [6.45, 7) is 5.75. The van der Waals surface area contributed by atoms with Gasteiger partial charge in [-0.25, -0.2) is 4.79 Å². The summed E-state index contributed by atoms with van der Waals surface area (Å²) in [5, 5.41) is 0. The molecule has 0 aromatic carbocycles. The lowest BCUT2D eigenvalue weighted by atomic mass is 10.1. The first kappa shape index (κ1) is 24.1. The van der Waals surface area contributed by atoms with Crippen molar-refractivity contribution in [1.29, 1.82) is 0 Å². The molecule has 0 saturated heterocycles. The molecular formula is C20H38O5. The van der Waals surface area contributed by atoms with E-state index >= 15 is 0 Å². The van der Waals surface area contributed by atoms with Crippen LogP contribution in [0, 0.1) is 0 Å². The fourth-order valence-corrected chi connectivity index (χ4v) is 2.70. The van der Waals surface area contributed by atoms with Gasteiger partial charge in [0.2, 0.25) is 0 Å². The number of carbonyl (C=O) groups is 1. The molecule has 0 aliphatic carbocycles. The van der Waals surface area contributed by atoms with Crippen LogP contribution < -0.4 is 0 Å². The smallest absolute Gasteiger partial charge is 0.333 e. The topological polar surface area (TPSA) is 54.0 Å². The van der Waals surface area contributed by atoms with Gasteiger partial charge in [-0.3, -0.25) is 0 Å². The Balaban J connectivity index is 3.34. The summed E-state index contributed by atoms with van der Waals surface area (Å²) in [7, 11) is 4.83. The molecule has 25 heavy (non-hydrogen) atoms. The number of hydrogen-bond donors (Lipinski definition) is 0. The van der Waals surface area contributed by atoms with Crippen molar-refractivity contribution in [3.8, 4) is 0 Å². The second-order valence-corrected chi connectivity index (χ2v) is 6.50. The quantitative estimate of drug-likeness (QED) is 0.159. The Hall–Kier alpha value is -0.910. The van der Waals surface area contributed by atoms with Crippen molar-refractivity contribution in [1.82, 2.24) is 0 Å². The van der Waals surface area contributed by atoms with E-state index in [1.807, 2.05) is 0 Å². The Labute approximate surface area is 154 Å². The van der Waals surface area contributed by atoms with E-state index in [0.29, 0.717) is 12.2 Å². The van der Waals surface area contributed by atoms with E-state index in [-0.39, 0.29) is 5.97 Å². The van der Waals surface area contributed by atoms with Crippen LogP contribution in [-0.4, -0.2) is 39.9 Å². The highest BCUT2D eigenvalue weighted by Crippen LogP contribution is 2.21. The molecule has 0 atom stereocenters. The van der Waals surface area contributed by atoms with Gasteiger partial charge in [-0.1, -0.05) is 57.9 Å². The lowest BCUT2D eigenvalue weighted by Gasteiger charge is -2.28. The minimum absolute atomic E-state index is 0.279. The number of unbranched alkanes of at least 4 members (excludes halogenated alkanes) is 9. The monoisotopic (exact) mass is 358 g/mol. The molecule has 0 spiro atoms. The van der Waals surface area contributed by atoms with Gasteiger partial charge in [-0.15, -0.1) is 0 Å². The van der Waals surface area contributed by atoms with Gasteiger partial charge in [-0.05, 0) is 19.8 Å². The first-order valence-electron chi connectivity index (χ1n) is 9.49. The van der Waals surface area contributed by atoms with E-state index in [1.165, 1.54) is 44.9 Å². The minimum atomic E-state index is -0.876. The number of esters is 1. The normalized spacial score (nSPS) is 11.5. The van der Waals surface area contributed by atoms with Crippen molar-refractivity contribution in [3.63, 3.8) is 0 Å². The van der Waals surface area contributed by atoms with Gasteiger partial charge < -0.3 is 18.9 Å². The van der Waals surface area contributed by atoms with Crippen molar-refractivity contribution in [2.75, 3.05) is 27.9 Å². The van der Waals surface area contributed by atoms with Crippen LogP contribution in [0.5, 0.6) is 0 Å². The van der Waals surface area contributed by atoms with E-state index in [4.69, 9.17) is 18.9 Å². The Morgan fingerprint density at radius 2 is 1.16 bits per heavy atom. The maximum Gasteiger partial charge on any atom is 0.333 e. The van der Waals surface area contributed by atoms with Gasteiger partial charge in [0.25, 0.3) is 5.97 Å². The van der Waals surface area contributed by atoms with Gasteiger partial charge in [0, 0.05) is 33.3 Å². The molecule has 0 N–H and O–H groups in total. The molecule has 0 aromatic heterocycles. The average Bonchev–Trinajstić information content (AvgIpc) is 2.62. The third-order valence-corrected chi connectivity index (χ3v) is 4.39. The molecule has 148 valence electrons. The highest BCUT2D eigenvalue weighted by molar-refractivity contribution is 5.86. The summed E-state index contributed by atoms with van der Waals surface area (Å²) >= 11 is 0. The summed E-state index contributed by atoms with van der Waals surface area (Å²) in [6.07, 6.45) is 12.6. The Bertz CT molecular complexity index is 342. The molecule has 0 amide bonds. The third kappa shape index (κ3) is 12.1. The van der Waals surface area contributed by atoms with Gasteiger partial charge in [-0.2, -0.15) is 0 Å². The lowest BCUT2D eigenvalue weighted by molar-refractivity contribution is -0.355. The maximum atomic E-state index is 11.2. The van der Waals surface area contributed by atoms with Crippen LogP contribution in [0.3, 0.4) is 0 Å². The summed E-state index contributed by atoms with van der Waals surface area (Å²) in [6, 6.07) is 0. The first-order valence-corrected chi connectivity index (χ1v) is 9.49. The molecule has 5 heteroatoms. The number of rotatable bonds is 17. The number of methoxy groups -OCH3 is 3. The van der Waals surface area contributed by atoms with Crippen LogP contribution in [-0.2, 0) is 23.7 Å². The minimum Gasteiger partial charge on any atom is -0.462 e. The molecular weight excluding hydrogens is 320 g/mol. The first-order chi connectivity index (χ1) is 12.0. The molecule has 0 aromatic rings. The predicted octanol–water partition coefficient (Wildman–Crippen LogP) is 4.99. The summed E-state index contributed by atoms with van der Waals surface area (Å²) in [4.78, 5) is 11.2. The molecule has 0 unspecified atom stereocenters. The molecule has 0 heterocycles. The van der Waals surface area contributed by atoms with E-state index in [0.717, 1.165) is 25.7 Å². The Morgan fingerprint density at radius 1 is 0.760 bits per heavy atom. The fourth-order valence-electron chi connectivity index (χ4n) is 2.70. The van der Waals surface area contributed by atoms with Crippen molar-refractivity contribution in [2.45, 2.75) is 83.5 Å². The fraction of sp³-hybridized carbons (Fsp3) is 0.850. The third-order valence-electron chi connectivity index (χ3n) is 4.39. The molecule has 0 saturated carbocycles. The number of hydrogen-bond acceptors (Lipinski definition) is 5. The molecule has 0 radical (unpaired) electrons. The number of carbonyl (C=O) groups excluding carboxylic acids is 1. The van der Waals surface area contributed by atoms with Crippen molar-refractivity contribution in [2.24, 2.45) is 0 Å². The molecule has 0 bridgehead atoms. The van der Waals surface area contributed by atoms with Crippen LogP contribution in [0.25, 0.3) is 0 Å². The van der Waals surface area contributed by atoms with E-state index in [1.54, 1.807) is 28.3 Å². The zero-order valence-corrected chi connectivity index (χ0v) is 16.7. The molecule has 0 fully saturated rings. The number of ether oxygens (including phenoxy) is 4. The molecule has 0 aliphatic heterocycles. The van der Waals surface area contributed by atoms with Gasteiger partial charge in [0.1, 0.15) is 0 Å². The van der Waals surface area contributed by atoms with Crippen LogP contribution in [0.4, 0.5) is 0 Å². The van der Waals surface area contributed by atoms with Crippen LogP contribution in [0.2, 0.25) is 0 Å². The predicted molar refractivity (Wildman–Crippen MR) is 100 cm³/mol. The van der Waals surface area contributed by atoms with Crippen LogP contribution in [0.1, 0.15) is 77.6 Å². The van der Waals surface area contributed by atoms with Gasteiger partial charge in [0.05, 0.1) is 6.61 Å². The zero-order valence-electron chi connectivity index (χ0n) is 16.7. The van der Waals surface area contributed by atoms with Crippen LogP contribution >= 0.6 is 0 Å². The second-order valence-electron chi connectivity index (χ2n) is 6.50.